The molecule has 0 aromatic carbocycles. The lowest BCUT2D eigenvalue weighted by atomic mass is 9.42. The highest BCUT2D eigenvalue weighted by Crippen LogP contribution is 2.71. The maximum absolute atomic E-state index is 12.6. The second kappa shape index (κ2) is 13.1. The highest BCUT2D eigenvalue weighted by Gasteiger charge is 2.70. The van der Waals surface area contributed by atoms with Gasteiger partial charge in [0, 0.05) is 31.8 Å². The Kier molecular flexibility index (Phi) is 9.73. The van der Waals surface area contributed by atoms with Crippen molar-refractivity contribution in [3.8, 4) is 0 Å². The number of ketones is 1. The Labute approximate surface area is 289 Å². The second-order valence-corrected chi connectivity index (χ2v) is 16.9. The summed E-state index contributed by atoms with van der Waals surface area (Å²) in [5.41, 5.74) is -1.11. The number of methoxy groups -OCH3 is 1. The predicted molar refractivity (Wildman–Crippen MR) is 174 cm³/mol. The Morgan fingerprint density at radius 1 is 0.878 bits per heavy atom. The minimum Gasteiger partial charge on any atom is -0.394 e. The zero-order chi connectivity index (χ0) is 35.1. The van der Waals surface area contributed by atoms with Gasteiger partial charge in [0.1, 0.15) is 30.5 Å². The van der Waals surface area contributed by atoms with Crippen LogP contribution in [0.25, 0.3) is 0 Å². The first-order valence-electron chi connectivity index (χ1n) is 18.7. The number of allylic oxidation sites excluding steroid dienone is 2. The molecule has 2 aliphatic heterocycles. The molecule has 0 aromatic rings. The summed E-state index contributed by atoms with van der Waals surface area (Å²) in [6.45, 7) is 5.75. The van der Waals surface area contributed by atoms with Gasteiger partial charge in [-0.3, -0.25) is 4.79 Å². The van der Waals surface area contributed by atoms with E-state index in [4.69, 9.17) is 23.7 Å². The van der Waals surface area contributed by atoms with Crippen LogP contribution in [0.3, 0.4) is 0 Å². The molecule has 0 unspecified atom stereocenters. The summed E-state index contributed by atoms with van der Waals surface area (Å²) in [6.07, 6.45) is 0.956. The molecule has 0 bridgehead atoms. The van der Waals surface area contributed by atoms with Gasteiger partial charge in [-0.1, -0.05) is 19.4 Å². The normalized spacial score (nSPS) is 54.6. The number of carbonyl (C=O) groups excluding carboxylic acids is 1. The van der Waals surface area contributed by atoms with Crippen molar-refractivity contribution in [2.45, 2.75) is 170 Å². The van der Waals surface area contributed by atoms with E-state index in [0.29, 0.717) is 25.7 Å². The molecule has 4 saturated carbocycles. The van der Waals surface area contributed by atoms with E-state index in [9.17, 15) is 35.4 Å². The lowest BCUT2D eigenvalue weighted by Gasteiger charge is -2.66. The first-order chi connectivity index (χ1) is 23.2. The summed E-state index contributed by atoms with van der Waals surface area (Å²) in [5.74, 6) is 0.775. The zero-order valence-electron chi connectivity index (χ0n) is 29.4. The van der Waals surface area contributed by atoms with Crippen LogP contribution in [0.2, 0.25) is 0 Å². The van der Waals surface area contributed by atoms with Crippen molar-refractivity contribution in [1.29, 1.82) is 0 Å². The molecule has 0 spiro atoms. The fraction of sp³-hybridized carbons (Fsp3) is 0.919. The van der Waals surface area contributed by atoms with Crippen LogP contribution in [0.1, 0.15) is 97.8 Å². The number of aliphatic hydroxyl groups excluding tert-OH is 4. The molecule has 12 heteroatoms. The quantitative estimate of drug-likeness (QED) is 0.213. The minimum atomic E-state index is -1.55. The molecule has 7 aliphatic rings. The van der Waals surface area contributed by atoms with E-state index in [1.165, 1.54) is 5.57 Å². The SMILES string of the molecule is CO[C@H]1C[C@H](O[C@H]2CC[C@]3(C)[C@H]4CC[C@]5(C)[C@@H](C6=CC(=O)CC6)CC[C@]5(O)[C@@H]4CC[C@]3(O)C2)O[C@H](C)[C@H]1O[C@@H]1O[C@H](CO)[C@@H](O)[C@H](O)[C@H]1O. The van der Waals surface area contributed by atoms with E-state index >= 15 is 0 Å². The number of fused-ring (bicyclic) bond motifs is 5. The summed E-state index contributed by atoms with van der Waals surface area (Å²) < 4.78 is 30.2. The molecule has 12 nitrogen and oxygen atoms in total. The van der Waals surface area contributed by atoms with Gasteiger partial charge in [0.15, 0.2) is 18.4 Å². The van der Waals surface area contributed by atoms with Crippen LogP contribution in [0.4, 0.5) is 0 Å². The van der Waals surface area contributed by atoms with E-state index in [2.05, 4.69) is 13.8 Å². The first-order valence-corrected chi connectivity index (χ1v) is 18.7. The molecule has 6 fully saturated rings. The van der Waals surface area contributed by atoms with E-state index < -0.39 is 73.1 Å². The molecular formula is C37H58O12. The van der Waals surface area contributed by atoms with E-state index in [1.807, 2.05) is 6.08 Å². The van der Waals surface area contributed by atoms with E-state index in [1.54, 1.807) is 14.0 Å². The predicted octanol–water partition coefficient (Wildman–Crippen LogP) is 1.88. The maximum atomic E-state index is 12.6. The molecule has 49 heavy (non-hydrogen) atoms. The molecule has 0 aromatic heterocycles. The minimum absolute atomic E-state index is 0.113. The van der Waals surface area contributed by atoms with Crippen LogP contribution < -0.4 is 0 Å². The van der Waals surface area contributed by atoms with Crippen LogP contribution in [-0.4, -0.2) is 123 Å². The maximum Gasteiger partial charge on any atom is 0.187 e. The van der Waals surface area contributed by atoms with Crippen molar-refractivity contribution in [2.75, 3.05) is 13.7 Å². The Morgan fingerprint density at radius 2 is 1.61 bits per heavy atom. The van der Waals surface area contributed by atoms with Gasteiger partial charge >= 0.3 is 0 Å². The summed E-state index contributed by atoms with van der Waals surface area (Å²) in [5, 5.41) is 65.4. The summed E-state index contributed by atoms with van der Waals surface area (Å²) in [6, 6.07) is 0. The molecule has 17 atom stereocenters. The van der Waals surface area contributed by atoms with Gasteiger partial charge in [-0.15, -0.1) is 0 Å². The Morgan fingerprint density at radius 3 is 2.31 bits per heavy atom. The van der Waals surface area contributed by atoms with Gasteiger partial charge in [0.05, 0.1) is 36.1 Å². The molecular weight excluding hydrogens is 636 g/mol. The van der Waals surface area contributed by atoms with Gasteiger partial charge in [-0.25, -0.2) is 0 Å². The van der Waals surface area contributed by atoms with Crippen LogP contribution in [-0.2, 0) is 28.5 Å². The number of hydrogen-bond donors (Lipinski definition) is 6. The number of ether oxygens (including phenoxy) is 5. The Balaban J connectivity index is 0.994. The molecule has 2 heterocycles. The fourth-order valence-electron chi connectivity index (χ4n) is 11.8. The van der Waals surface area contributed by atoms with Crippen LogP contribution in [0, 0.1) is 28.6 Å². The highest BCUT2D eigenvalue weighted by atomic mass is 16.7. The third-order valence-corrected chi connectivity index (χ3v) is 14.8. The van der Waals surface area contributed by atoms with Crippen molar-refractivity contribution in [1.82, 2.24) is 0 Å². The molecule has 6 N–H and O–H groups in total. The first kappa shape index (κ1) is 36.3. The Bertz CT molecular complexity index is 1280. The monoisotopic (exact) mass is 694 g/mol. The van der Waals surface area contributed by atoms with Crippen molar-refractivity contribution in [2.24, 2.45) is 28.6 Å². The average Bonchev–Trinajstić information content (AvgIpc) is 3.61. The molecule has 0 radical (unpaired) electrons. The van der Waals surface area contributed by atoms with Gasteiger partial charge in [-0.05, 0) is 94.0 Å². The van der Waals surface area contributed by atoms with Crippen LogP contribution in [0.15, 0.2) is 11.6 Å². The summed E-state index contributed by atoms with van der Waals surface area (Å²) >= 11 is 0. The van der Waals surface area contributed by atoms with Crippen molar-refractivity contribution >= 4 is 5.78 Å². The standard InChI is InChI=1S/C37H58O12/c1-19-32(49-33-31(42)30(41)29(40)27(18-38)48-33)26(45-4)16-28(46-19)47-22-7-11-34(2)24-8-12-35(3)23(20-5-6-21(39)15-20)10-14-37(35,44)25(24)9-13-36(34,43)17-22/h15,19,22-33,38,40-44H,5-14,16-18H2,1-4H3/t19-,22+,23-,24+,25-,26+,27-,28+,29-,30+,31-,32-,33+,34-,35-,36+,37+/m1/s1. The van der Waals surface area contributed by atoms with Gasteiger partial charge in [0.2, 0.25) is 0 Å². The molecule has 278 valence electrons. The molecule has 0 amide bonds. The van der Waals surface area contributed by atoms with E-state index in [0.717, 1.165) is 51.4 Å². The number of carbonyl (C=O) groups is 1. The van der Waals surface area contributed by atoms with Gasteiger partial charge < -0.3 is 54.3 Å². The zero-order valence-corrected chi connectivity index (χ0v) is 29.4. The lowest BCUT2D eigenvalue weighted by molar-refractivity contribution is -0.347. The summed E-state index contributed by atoms with van der Waals surface area (Å²) in [7, 11) is 1.55. The number of rotatable bonds is 7. The van der Waals surface area contributed by atoms with Gasteiger partial charge in [-0.2, -0.15) is 0 Å². The smallest absolute Gasteiger partial charge is 0.187 e. The topological polar surface area (TPSA) is 185 Å². The fourth-order valence-corrected chi connectivity index (χ4v) is 11.8. The van der Waals surface area contributed by atoms with Gasteiger partial charge in [0.25, 0.3) is 0 Å². The van der Waals surface area contributed by atoms with Crippen LogP contribution in [0.5, 0.6) is 0 Å². The lowest BCUT2D eigenvalue weighted by Crippen LogP contribution is -2.67. The Hall–Kier alpha value is -1.03. The number of aliphatic hydroxyl groups is 6. The largest absolute Gasteiger partial charge is 0.394 e. The van der Waals surface area contributed by atoms with E-state index in [-0.39, 0.29) is 40.5 Å². The summed E-state index contributed by atoms with van der Waals surface area (Å²) in [4.78, 5) is 12.1. The van der Waals surface area contributed by atoms with Crippen molar-refractivity contribution in [3.63, 3.8) is 0 Å². The second-order valence-electron chi connectivity index (χ2n) is 16.9. The third-order valence-electron chi connectivity index (χ3n) is 14.8. The number of hydrogen-bond acceptors (Lipinski definition) is 12. The van der Waals surface area contributed by atoms with Crippen molar-refractivity contribution < 1.29 is 59.1 Å². The average molecular weight is 695 g/mol. The van der Waals surface area contributed by atoms with Crippen LogP contribution >= 0.6 is 0 Å². The molecule has 2 saturated heterocycles. The molecule has 7 rings (SSSR count). The highest BCUT2D eigenvalue weighted by molar-refractivity contribution is 5.93. The van der Waals surface area contributed by atoms with Crippen molar-refractivity contribution in [3.05, 3.63) is 11.6 Å². The molecule has 5 aliphatic carbocycles. The third kappa shape index (κ3) is 5.71.